The van der Waals surface area contributed by atoms with E-state index in [4.69, 9.17) is 25.5 Å². The van der Waals surface area contributed by atoms with Crippen molar-refractivity contribution in [2.75, 3.05) is 19.5 Å². The highest BCUT2D eigenvalue weighted by molar-refractivity contribution is 6.31. The predicted octanol–water partition coefficient (Wildman–Crippen LogP) is 4.38. The second-order valence-corrected chi connectivity index (χ2v) is 5.86. The Bertz CT molecular complexity index is 880. The summed E-state index contributed by atoms with van der Waals surface area (Å²) in [6, 6.07) is 11.6. The van der Waals surface area contributed by atoms with Gasteiger partial charge in [0, 0.05) is 10.7 Å². The van der Waals surface area contributed by atoms with Gasteiger partial charge in [-0.1, -0.05) is 28.8 Å². The maximum absolute atomic E-state index is 6.12. The number of halogens is 1. The van der Waals surface area contributed by atoms with Crippen LogP contribution in [0, 0.1) is 6.92 Å². The molecule has 0 aliphatic carbocycles. The molecular weight excluding hydrogens is 342 g/mol. The van der Waals surface area contributed by atoms with E-state index in [1.54, 1.807) is 14.2 Å². The SMILES string of the molecule is COc1ccc(Cc2nnc(Nc3ccc(C)c(Cl)c3)o2)cc1OC. The summed E-state index contributed by atoms with van der Waals surface area (Å²) in [5.74, 6) is 1.83. The number of hydrogen-bond acceptors (Lipinski definition) is 6. The van der Waals surface area contributed by atoms with E-state index in [1.165, 1.54) is 0 Å². The first-order chi connectivity index (χ1) is 12.1. The van der Waals surface area contributed by atoms with E-state index >= 15 is 0 Å². The first kappa shape index (κ1) is 17.1. The van der Waals surface area contributed by atoms with Gasteiger partial charge in [-0.25, -0.2) is 0 Å². The first-order valence-electron chi connectivity index (χ1n) is 7.65. The molecule has 0 atom stereocenters. The Morgan fingerprint density at radius 1 is 1.04 bits per heavy atom. The van der Waals surface area contributed by atoms with Crippen LogP contribution in [-0.4, -0.2) is 24.4 Å². The Labute approximate surface area is 150 Å². The number of rotatable bonds is 6. The standard InChI is InChI=1S/C18H18ClN3O3/c1-11-4-6-13(10-14(11)19)20-18-22-21-17(25-18)9-12-5-7-15(23-2)16(8-12)24-3/h4-8,10H,9H2,1-3H3,(H,20,22). The van der Waals surface area contributed by atoms with Crippen LogP contribution in [0.1, 0.15) is 17.0 Å². The summed E-state index contributed by atoms with van der Waals surface area (Å²) < 4.78 is 16.2. The molecule has 0 spiro atoms. The molecule has 7 heteroatoms. The predicted molar refractivity (Wildman–Crippen MR) is 96.1 cm³/mol. The molecule has 1 heterocycles. The second kappa shape index (κ2) is 7.44. The van der Waals surface area contributed by atoms with E-state index in [0.717, 1.165) is 16.8 Å². The lowest BCUT2D eigenvalue weighted by Crippen LogP contribution is -1.94. The van der Waals surface area contributed by atoms with Gasteiger partial charge in [0.05, 0.1) is 20.6 Å². The largest absolute Gasteiger partial charge is 0.493 e. The van der Waals surface area contributed by atoms with Gasteiger partial charge in [-0.3, -0.25) is 0 Å². The van der Waals surface area contributed by atoms with Gasteiger partial charge < -0.3 is 19.2 Å². The fourth-order valence-corrected chi connectivity index (χ4v) is 2.52. The van der Waals surface area contributed by atoms with Crippen LogP contribution in [0.15, 0.2) is 40.8 Å². The molecule has 0 bridgehead atoms. The molecule has 0 aliphatic rings. The normalized spacial score (nSPS) is 10.6. The third-order valence-electron chi connectivity index (χ3n) is 3.69. The minimum absolute atomic E-state index is 0.315. The van der Waals surface area contributed by atoms with E-state index in [0.29, 0.717) is 34.8 Å². The van der Waals surface area contributed by atoms with Crippen molar-refractivity contribution in [2.45, 2.75) is 13.3 Å². The maximum atomic E-state index is 6.12. The molecule has 0 aliphatic heterocycles. The Morgan fingerprint density at radius 3 is 2.56 bits per heavy atom. The lowest BCUT2D eigenvalue weighted by atomic mass is 10.1. The highest BCUT2D eigenvalue weighted by atomic mass is 35.5. The van der Waals surface area contributed by atoms with Crippen LogP contribution in [-0.2, 0) is 6.42 Å². The Balaban J connectivity index is 1.72. The van der Waals surface area contributed by atoms with Crippen LogP contribution in [0.2, 0.25) is 5.02 Å². The van der Waals surface area contributed by atoms with Gasteiger partial charge in [-0.15, -0.1) is 5.10 Å². The zero-order valence-corrected chi connectivity index (χ0v) is 14.9. The van der Waals surface area contributed by atoms with Crippen LogP contribution >= 0.6 is 11.6 Å². The molecule has 0 radical (unpaired) electrons. The average molecular weight is 360 g/mol. The first-order valence-corrected chi connectivity index (χ1v) is 8.03. The maximum Gasteiger partial charge on any atom is 0.320 e. The number of nitrogens with one attached hydrogen (secondary N) is 1. The molecule has 0 fully saturated rings. The van der Waals surface area contributed by atoms with Crippen LogP contribution in [0.25, 0.3) is 0 Å². The van der Waals surface area contributed by atoms with E-state index in [-0.39, 0.29) is 0 Å². The lowest BCUT2D eigenvalue weighted by Gasteiger charge is -2.08. The van der Waals surface area contributed by atoms with Gasteiger partial charge in [0.15, 0.2) is 11.5 Å². The van der Waals surface area contributed by atoms with Crippen LogP contribution in [0.3, 0.4) is 0 Å². The van der Waals surface area contributed by atoms with E-state index < -0.39 is 0 Å². The fraction of sp³-hybridized carbons (Fsp3) is 0.222. The van der Waals surface area contributed by atoms with E-state index in [1.807, 2.05) is 43.3 Å². The monoisotopic (exact) mass is 359 g/mol. The topological polar surface area (TPSA) is 69.4 Å². The third-order valence-corrected chi connectivity index (χ3v) is 4.10. The number of aryl methyl sites for hydroxylation is 1. The molecule has 3 rings (SSSR count). The van der Waals surface area contributed by atoms with Crippen molar-refractivity contribution in [2.24, 2.45) is 0 Å². The second-order valence-electron chi connectivity index (χ2n) is 5.46. The fourth-order valence-electron chi connectivity index (χ4n) is 2.33. The summed E-state index contributed by atoms with van der Waals surface area (Å²) >= 11 is 6.12. The van der Waals surface area contributed by atoms with Crippen LogP contribution < -0.4 is 14.8 Å². The molecule has 2 aromatic carbocycles. The molecular formula is C18H18ClN3O3. The third kappa shape index (κ3) is 4.03. The number of benzene rings is 2. The lowest BCUT2D eigenvalue weighted by molar-refractivity contribution is 0.354. The number of ether oxygens (including phenoxy) is 2. The van der Waals surface area contributed by atoms with Crippen LogP contribution in [0.5, 0.6) is 11.5 Å². The minimum Gasteiger partial charge on any atom is -0.493 e. The molecule has 0 saturated carbocycles. The average Bonchev–Trinajstić information content (AvgIpc) is 3.05. The molecule has 130 valence electrons. The summed E-state index contributed by atoms with van der Waals surface area (Å²) in [6.45, 7) is 1.94. The van der Waals surface area contributed by atoms with Crippen molar-refractivity contribution in [3.8, 4) is 11.5 Å². The van der Waals surface area contributed by atoms with Gasteiger partial charge in [-0.05, 0) is 42.3 Å². The van der Waals surface area contributed by atoms with Crippen molar-refractivity contribution in [3.05, 3.63) is 58.4 Å². The van der Waals surface area contributed by atoms with Crippen molar-refractivity contribution < 1.29 is 13.9 Å². The van der Waals surface area contributed by atoms with Crippen molar-refractivity contribution in [3.63, 3.8) is 0 Å². The summed E-state index contributed by atoms with van der Waals surface area (Å²) in [5, 5.41) is 11.8. The highest BCUT2D eigenvalue weighted by Crippen LogP contribution is 2.28. The summed E-state index contributed by atoms with van der Waals surface area (Å²) in [4.78, 5) is 0. The van der Waals surface area contributed by atoms with Gasteiger partial charge in [0.2, 0.25) is 5.89 Å². The van der Waals surface area contributed by atoms with Gasteiger partial charge in [0.25, 0.3) is 0 Å². The molecule has 1 aromatic heterocycles. The Kier molecular flexibility index (Phi) is 5.09. The van der Waals surface area contributed by atoms with Crippen molar-refractivity contribution in [1.29, 1.82) is 0 Å². The number of anilines is 2. The Morgan fingerprint density at radius 2 is 1.84 bits per heavy atom. The smallest absolute Gasteiger partial charge is 0.320 e. The molecule has 0 unspecified atom stereocenters. The van der Waals surface area contributed by atoms with Crippen LogP contribution in [0.4, 0.5) is 11.7 Å². The number of hydrogen-bond donors (Lipinski definition) is 1. The summed E-state index contributed by atoms with van der Waals surface area (Å²) in [7, 11) is 3.20. The highest BCUT2D eigenvalue weighted by Gasteiger charge is 2.10. The van der Waals surface area contributed by atoms with E-state index in [2.05, 4.69) is 15.5 Å². The molecule has 6 nitrogen and oxygen atoms in total. The zero-order valence-electron chi connectivity index (χ0n) is 14.2. The number of methoxy groups -OCH3 is 2. The summed E-state index contributed by atoms with van der Waals surface area (Å²) in [6.07, 6.45) is 0.490. The quantitative estimate of drug-likeness (QED) is 0.704. The van der Waals surface area contributed by atoms with Gasteiger partial charge >= 0.3 is 6.01 Å². The van der Waals surface area contributed by atoms with Gasteiger partial charge in [0.1, 0.15) is 0 Å². The van der Waals surface area contributed by atoms with Crippen molar-refractivity contribution in [1.82, 2.24) is 10.2 Å². The molecule has 25 heavy (non-hydrogen) atoms. The molecule has 0 saturated heterocycles. The number of aromatic nitrogens is 2. The molecule has 0 amide bonds. The Hall–Kier alpha value is -2.73. The molecule has 3 aromatic rings. The van der Waals surface area contributed by atoms with Crippen molar-refractivity contribution >= 4 is 23.3 Å². The zero-order chi connectivity index (χ0) is 17.8. The van der Waals surface area contributed by atoms with E-state index in [9.17, 15) is 0 Å². The van der Waals surface area contributed by atoms with Gasteiger partial charge in [-0.2, -0.15) is 0 Å². The number of nitrogens with zero attached hydrogens (tertiary/aromatic N) is 2. The summed E-state index contributed by atoms with van der Waals surface area (Å²) in [5.41, 5.74) is 2.77. The minimum atomic E-state index is 0.315. The molecule has 1 N–H and O–H groups in total.